The molecule has 0 bridgehead atoms. The van der Waals surface area contributed by atoms with E-state index in [4.69, 9.17) is 21.6 Å². The van der Waals surface area contributed by atoms with Gasteiger partial charge >= 0.3 is 5.97 Å². The quantitative estimate of drug-likeness (QED) is 0.446. The fourth-order valence-corrected chi connectivity index (χ4v) is 2.48. The summed E-state index contributed by atoms with van der Waals surface area (Å²) < 4.78 is 4.90. The maximum Gasteiger partial charge on any atom is 0.349 e. The van der Waals surface area contributed by atoms with Crippen LogP contribution in [0.1, 0.15) is 11.1 Å². The zero-order chi connectivity index (χ0) is 21.4. The zero-order valence-corrected chi connectivity index (χ0v) is 16.5. The van der Waals surface area contributed by atoms with Crippen molar-refractivity contribution in [3.8, 4) is 12.1 Å². The number of carbonyl (C=O) groups is 2. The monoisotopic (exact) mass is 408 g/mol. The summed E-state index contributed by atoms with van der Waals surface area (Å²) in [7, 11) is 3.81. The van der Waals surface area contributed by atoms with E-state index in [1.165, 1.54) is 24.3 Å². The summed E-state index contributed by atoms with van der Waals surface area (Å²) >= 11 is 5.90. The van der Waals surface area contributed by atoms with Crippen LogP contribution in [0.3, 0.4) is 0 Å². The minimum absolute atomic E-state index is 0.192. The first kappa shape index (κ1) is 21.5. The average Bonchev–Trinajstić information content (AvgIpc) is 2.70. The molecule has 0 atom stereocenters. The minimum atomic E-state index is -0.905. The molecule has 1 amide bonds. The number of rotatable bonds is 6. The molecular weight excluding hydrogens is 392 g/mol. The first-order chi connectivity index (χ1) is 13.8. The van der Waals surface area contributed by atoms with E-state index in [9.17, 15) is 14.9 Å². The van der Waals surface area contributed by atoms with Crippen LogP contribution in [0, 0.1) is 22.7 Å². The van der Waals surface area contributed by atoms with Gasteiger partial charge in [0, 0.05) is 25.5 Å². The molecule has 0 fully saturated rings. The third-order valence-corrected chi connectivity index (χ3v) is 4.08. The summed E-state index contributed by atoms with van der Waals surface area (Å²) in [5.41, 5.74) is 2.03. The molecule has 29 heavy (non-hydrogen) atoms. The molecule has 8 heteroatoms. The van der Waals surface area contributed by atoms with E-state index < -0.39 is 18.5 Å². The lowest BCUT2D eigenvalue weighted by Crippen LogP contribution is -2.21. The first-order valence-electron chi connectivity index (χ1n) is 8.40. The van der Waals surface area contributed by atoms with Crippen LogP contribution in [0.5, 0.6) is 0 Å². The van der Waals surface area contributed by atoms with Crippen LogP contribution < -0.4 is 10.2 Å². The maximum absolute atomic E-state index is 12.1. The molecule has 7 nitrogen and oxygen atoms in total. The molecule has 2 aromatic carbocycles. The molecule has 2 rings (SSSR count). The van der Waals surface area contributed by atoms with Gasteiger partial charge in [-0.15, -0.1) is 0 Å². The van der Waals surface area contributed by atoms with Crippen molar-refractivity contribution in [2.24, 2.45) is 0 Å². The summed E-state index contributed by atoms with van der Waals surface area (Å²) in [6.45, 7) is -0.574. The number of nitrogens with zero attached hydrogens (tertiary/aromatic N) is 3. The third-order valence-electron chi connectivity index (χ3n) is 3.77. The van der Waals surface area contributed by atoms with Gasteiger partial charge < -0.3 is 15.0 Å². The number of esters is 1. The maximum atomic E-state index is 12.1. The Labute approximate surface area is 173 Å². The molecule has 0 spiro atoms. The number of ether oxygens (including phenoxy) is 1. The van der Waals surface area contributed by atoms with Crippen LogP contribution in [0.2, 0.25) is 5.02 Å². The predicted octanol–water partition coefficient (Wildman–Crippen LogP) is 3.37. The van der Waals surface area contributed by atoms with Crippen LogP contribution in [0.4, 0.5) is 11.4 Å². The van der Waals surface area contributed by atoms with E-state index in [-0.39, 0.29) is 16.2 Å². The average molecular weight is 409 g/mol. The van der Waals surface area contributed by atoms with E-state index >= 15 is 0 Å². The smallest absolute Gasteiger partial charge is 0.349 e. The van der Waals surface area contributed by atoms with Gasteiger partial charge in [0.25, 0.3) is 5.91 Å². The lowest BCUT2D eigenvalue weighted by atomic mass is 10.1. The second-order valence-electron chi connectivity index (χ2n) is 6.09. The summed E-state index contributed by atoms with van der Waals surface area (Å²) in [6, 6.07) is 15.3. The van der Waals surface area contributed by atoms with Crippen LogP contribution in [0.15, 0.2) is 48.0 Å². The Kier molecular flexibility index (Phi) is 7.36. The summed E-state index contributed by atoms with van der Waals surface area (Å²) in [4.78, 5) is 26.0. The Morgan fingerprint density at radius 1 is 1.17 bits per heavy atom. The van der Waals surface area contributed by atoms with Gasteiger partial charge in [0.15, 0.2) is 6.61 Å². The van der Waals surface area contributed by atoms with Crippen molar-refractivity contribution in [3.05, 3.63) is 64.2 Å². The number of amides is 1. The van der Waals surface area contributed by atoms with Crippen molar-refractivity contribution in [2.45, 2.75) is 0 Å². The van der Waals surface area contributed by atoms with Crippen molar-refractivity contribution in [1.29, 1.82) is 10.5 Å². The molecule has 2 aromatic rings. The fraction of sp³-hybridized carbons (Fsp3) is 0.143. The van der Waals surface area contributed by atoms with E-state index in [1.807, 2.05) is 37.2 Å². The van der Waals surface area contributed by atoms with Gasteiger partial charge in [0.05, 0.1) is 10.6 Å². The fourth-order valence-electron chi connectivity index (χ4n) is 2.26. The highest BCUT2D eigenvalue weighted by Crippen LogP contribution is 2.20. The molecule has 0 radical (unpaired) electrons. The number of nitriles is 2. The van der Waals surface area contributed by atoms with Gasteiger partial charge in [0.2, 0.25) is 0 Å². The molecular formula is C21H17ClN4O3. The molecule has 0 heterocycles. The first-order valence-corrected chi connectivity index (χ1v) is 8.77. The summed E-state index contributed by atoms with van der Waals surface area (Å²) in [5.74, 6) is -1.51. The van der Waals surface area contributed by atoms with Crippen molar-refractivity contribution in [1.82, 2.24) is 0 Å². The lowest BCUT2D eigenvalue weighted by molar-refractivity contribution is -0.142. The number of halogens is 1. The molecule has 0 aliphatic rings. The Bertz CT molecular complexity index is 1030. The molecule has 146 valence electrons. The Morgan fingerprint density at radius 2 is 1.86 bits per heavy atom. The van der Waals surface area contributed by atoms with Crippen LogP contribution in [-0.4, -0.2) is 32.6 Å². The Hall–Kier alpha value is -3.81. The molecule has 0 aliphatic carbocycles. The zero-order valence-electron chi connectivity index (χ0n) is 15.8. The Balaban J connectivity index is 1.97. The predicted molar refractivity (Wildman–Crippen MR) is 110 cm³/mol. The van der Waals surface area contributed by atoms with E-state index in [1.54, 1.807) is 18.2 Å². The molecule has 0 unspecified atom stereocenters. The molecule has 0 saturated heterocycles. The second kappa shape index (κ2) is 9.93. The van der Waals surface area contributed by atoms with Crippen molar-refractivity contribution in [3.63, 3.8) is 0 Å². The van der Waals surface area contributed by atoms with Crippen LogP contribution >= 0.6 is 11.6 Å². The second-order valence-corrected chi connectivity index (χ2v) is 6.49. The Morgan fingerprint density at radius 3 is 2.41 bits per heavy atom. The van der Waals surface area contributed by atoms with Gasteiger partial charge in [-0.1, -0.05) is 23.7 Å². The standard InChI is InChI=1S/C21H17ClN4O3/c1-26(2)18-7-3-14(4-8-18)9-16(12-24)21(28)29-13-20(27)25-17-6-5-15(11-23)19(22)10-17/h3-10H,13H2,1-2H3,(H,25,27)/b16-9+. The van der Waals surface area contributed by atoms with Gasteiger partial charge in [0.1, 0.15) is 17.7 Å². The van der Waals surface area contributed by atoms with E-state index in [2.05, 4.69) is 5.32 Å². The summed E-state index contributed by atoms with van der Waals surface area (Å²) in [5, 5.41) is 20.7. The van der Waals surface area contributed by atoms with Crippen molar-refractivity contribution in [2.75, 3.05) is 30.9 Å². The number of benzene rings is 2. The third kappa shape index (κ3) is 6.10. The van der Waals surface area contributed by atoms with Gasteiger partial charge in [-0.2, -0.15) is 10.5 Å². The van der Waals surface area contributed by atoms with E-state index in [0.29, 0.717) is 11.3 Å². The number of carbonyl (C=O) groups excluding carboxylic acids is 2. The van der Waals surface area contributed by atoms with Crippen molar-refractivity contribution < 1.29 is 14.3 Å². The summed E-state index contributed by atoms with van der Waals surface area (Å²) in [6.07, 6.45) is 1.39. The van der Waals surface area contributed by atoms with Crippen LogP contribution in [-0.2, 0) is 14.3 Å². The van der Waals surface area contributed by atoms with Gasteiger partial charge in [-0.05, 0) is 42.0 Å². The highest BCUT2D eigenvalue weighted by atomic mass is 35.5. The molecule has 1 N–H and O–H groups in total. The number of anilines is 2. The van der Waals surface area contributed by atoms with Crippen molar-refractivity contribution >= 4 is 40.9 Å². The number of nitrogens with one attached hydrogen (secondary N) is 1. The molecule has 0 saturated carbocycles. The van der Waals surface area contributed by atoms with Crippen LogP contribution in [0.25, 0.3) is 6.08 Å². The van der Waals surface area contributed by atoms with Gasteiger partial charge in [-0.25, -0.2) is 4.79 Å². The molecule has 0 aliphatic heterocycles. The largest absolute Gasteiger partial charge is 0.451 e. The highest BCUT2D eigenvalue weighted by molar-refractivity contribution is 6.32. The topological polar surface area (TPSA) is 106 Å². The lowest BCUT2D eigenvalue weighted by Gasteiger charge is -2.11. The highest BCUT2D eigenvalue weighted by Gasteiger charge is 2.14. The van der Waals surface area contributed by atoms with E-state index in [0.717, 1.165) is 5.69 Å². The number of hydrogen-bond acceptors (Lipinski definition) is 6. The normalized spacial score (nSPS) is 10.4. The molecule has 0 aromatic heterocycles. The number of hydrogen-bond donors (Lipinski definition) is 1. The SMILES string of the molecule is CN(C)c1ccc(/C=C(\C#N)C(=O)OCC(=O)Nc2ccc(C#N)c(Cl)c2)cc1. The van der Waals surface area contributed by atoms with Gasteiger partial charge in [-0.3, -0.25) is 4.79 Å². The minimum Gasteiger partial charge on any atom is -0.451 e.